The number of nitrogens with one attached hydrogen (secondary N) is 2. The molecule has 7 nitrogen and oxygen atoms in total. The van der Waals surface area contributed by atoms with Crippen molar-refractivity contribution in [2.75, 3.05) is 6.54 Å². The van der Waals surface area contributed by atoms with Crippen molar-refractivity contribution in [3.05, 3.63) is 53.6 Å². The second kappa shape index (κ2) is 7.94. The number of carbonyl (C=O) groups is 1. The fraction of sp³-hybridized carbons (Fsp3) is 0.316. The molecule has 9 heteroatoms. The Morgan fingerprint density at radius 1 is 1.14 bits per heavy atom. The summed E-state index contributed by atoms with van der Waals surface area (Å²) < 4.78 is 35.8. The number of sulfonamides is 1. The molecule has 1 amide bonds. The Morgan fingerprint density at radius 2 is 2.00 bits per heavy atom. The van der Waals surface area contributed by atoms with Gasteiger partial charge in [-0.25, -0.2) is 13.1 Å². The third-order valence-corrected chi connectivity index (χ3v) is 6.92. The zero-order valence-corrected chi connectivity index (χ0v) is 16.7. The van der Waals surface area contributed by atoms with Crippen LogP contribution in [0.4, 0.5) is 0 Å². The van der Waals surface area contributed by atoms with E-state index in [1.165, 1.54) is 11.6 Å². The van der Waals surface area contributed by atoms with E-state index < -0.39 is 10.0 Å². The molecule has 3 aromatic rings. The van der Waals surface area contributed by atoms with Gasteiger partial charge in [-0.15, -0.1) is 0 Å². The van der Waals surface area contributed by atoms with Crippen LogP contribution in [0.5, 0.6) is 0 Å². The standard InChI is InChI=1S/C19H20N4O3S2/c24-18(21-15-8-3-6-13-5-1-2-7-14(13)15)11-12-20-28(25,26)17-10-4-9-16-19(17)23-27-22-16/h1-2,4-5,7,9-10,15,20H,3,6,8,11-12H2,(H,21,24)/t15-/m1/s1. The Labute approximate surface area is 167 Å². The molecule has 0 unspecified atom stereocenters. The number of hydrogen-bond donors (Lipinski definition) is 2. The lowest BCUT2D eigenvalue weighted by Crippen LogP contribution is -2.34. The molecule has 1 aliphatic rings. The fourth-order valence-electron chi connectivity index (χ4n) is 3.55. The monoisotopic (exact) mass is 416 g/mol. The van der Waals surface area contributed by atoms with Gasteiger partial charge in [0.05, 0.1) is 17.8 Å². The zero-order valence-electron chi connectivity index (χ0n) is 15.1. The molecule has 0 fully saturated rings. The molecule has 4 rings (SSSR count). The van der Waals surface area contributed by atoms with Gasteiger partial charge in [0.2, 0.25) is 15.9 Å². The Hall–Kier alpha value is -2.36. The third-order valence-electron chi connectivity index (χ3n) is 4.89. The first-order chi connectivity index (χ1) is 13.5. The summed E-state index contributed by atoms with van der Waals surface area (Å²) in [6, 6.07) is 13.0. The number of nitrogens with zero attached hydrogens (tertiary/aromatic N) is 2. The predicted octanol–water partition coefficient (Wildman–Crippen LogP) is 2.55. The smallest absolute Gasteiger partial charge is 0.242 e. The molecule has 0 bridgehead atoms. The third kappa shape index (κ3) is 3.91. The maximum absolute atomic E-state index is 12.6. The molecule has 1 atom stereocenters. The average molecular weight is 417 g/mol. The van der Waals surface area contributed by atoms with Gasteiger partial charge >= 0.3 is 0 Å². The summed E-state index contributed by atoms with van der Waals surface area (Å²) >= 11 is 0.969. The van der Waals surface area contributed by atoms with Crippen molar-refractivity contribution < 1.29 is 13.2 Å². The molecule has 0 spiro atoms. The van der Waals surface area contributed by atoms with E-state index in [1.54, 1.807) is 12.1 Å². The minimum atomic E-state index is -3.76. The van der Waals surface area contributed by atoms with E-state index in [0.717, 1.165) is 36.6 Å². The lowest BCUT2D eigenvalue weighted by molar-refractivity contribution is -0.121. The molecule has 28 heavy (non-hydrogen) atoms. The normalized spacial score (nSPS) is 16.6. The SMILES string of the molecule is O=C(CCNS(=O)(=O)c1cccc2nsnc12)N[C@@H]1CCCc2ccccc21. The van der Waals surface area contributed by atoms with E-state index in [9.17, 15) is 13.2 Å². The van der Waals surface area contributed by atoms with Crippen LogP contribution in [0.3, 0.4) is 0 Å². The van der Waals surface area contributed by atoms with Crippen LogP contribution in [-0.4, -0.2) is 29.6 Å². The van der Waals surface area contributed by atoms with E-state index in [2.05, 4.69) is 24.9 Å². The van der Waals surface area contributed by atoms with Crippen molar-refractivity contribution in [3.8, 4) is 0 Å². The van der Waals surface area contributed by atoms with E-state index in [1.807, 2.05) is 18.2 Å². The number of benzene rings is 2. The maximum Gasteiger partial charge on any atom is 0.242 e. The van der Waals surface area contributed by atoms with Gasteiger partial charge in [0.1, 0.15) is 15.9 Å². The number of aromatic nitrogens is 2. The molecule has 2 aromatic carbocycles. The van der Waals surface area contributed by atoms with Gasteiger partial charge in [-0.05, 0) is 42.5 Å². The van der Waals surface area contributed by atoms with Gasteiger partial charge < -0.3 is 5.32 Å². The summed E-state index contributed by atoms with van der Waals surface area (Å²) in [4.78, 5) is 12.4. The topological polar surface area (TPSA) is 101 Å². The van der Waals surface area contributed by atoms with Gasteiger partial charge in [-0.1, -0.05) is 30.3 Å². The Bertz CT molecular complexity index is 1110. The lowest BCUT2D eigenvalue weighted by Gasteiger charge is -2.26. The average Bonchev–Trinajstić information content (AvgIpc) is 3.17. The van der Waals surface area contributed by atoms with Crippen LogP contribution in [0.1, 0.15) is 36.4 Å². The van der Waals surface area contributed by atoms with Crippen molar-refractivity contribution in [1.82, 2.24) is 18.8 Å². The van der Waals surface area contributed by atoms with E-state index in [0.29, 0.717) is 11.0 Å². The molecule has 1 aromatic heterocycles. The highest BCUT2D eigenvalue weighted by molar-refractivity contribution is 7.89. The first-order valence-electron chi connectivity index (χ1n) is 9.13. The van der Waals surface area contributed by atoms with Crippen LogP contribution < -0.4 is 10.0 Å². The highest BCUT2D eigenvalue weighted by atomic mass is 32.2. The summed E-state index contributed by atoms with van der Waals surface area (Å²) in [5.74, 6) is -0.169. The molecular formula is C19H20N4O3S2. The van der Waals surface area contributed by atoms with Gasteiger partial charge in [0, 0.05) is 13.0 Å². The van der Waals surface area contributed by atoms with Crippen LogP contribution >= 0.6 is 11.7 Å². The largest absolute Gasteiger partial charge is 0.349 e. The maximum atomic E-state index is 12.6. The number of rotatable bonds is 6. The summed E-state index contributed by atoms with van der Waals surface area (Å²) in [5.41, 5.74) is 3.32. The van der Waals surface area contributed by atoms with E-state index >= 15 is 0 Å². The van der Waals surface area contributed by atoms with Crippen molar-refractivity contribution in [3.63, 3.8) is 0 Å². The molecule has 2 N–H and O–H groups in total. The number of fused-ring (bicyclic) bond motifs is 2. The summed E-state index contributed by atoms with van der Waals surface area (Å²) in [6.07, 6.45) is 3.02. The van der Waals surface area contributed by atoms with E-state index in [-0.39, 0.29) is 29.8 Å². The van der Waals surface area contributed by atoms with Crippen molar-refractivity contribution in [2.45, 2.75) is 36.6 Å². The number of hydrogen-bond acceptors (Lipinski definition) is 6. The molecule has 1 aliphatic carbocycles. The molecule has 0 saturated carbocycles. The predicted molar refractivity (Wildman–Crippen MR) is 107 cm³/mol. The van der Waals surface area contributed by atoms with Crippen LogP contribution in [0.15, 0.2) is 47.4 Å². The van der Waals surface area contributed by atoms with Crippen molar-refractivity contribution in [1.29, 1.82) is 0 Å². The van der Waals surface area contributed by atoms with Gasteiger partial charge in [-0.3, -0.25) is 4.79 Å². The van der Waals surface area contributed by atoms with Crippen molar-refractivity contribution in [2.24, 2.45) is 0 Å². The summed E-state index contributed by atoms with van der Waals surface area (Å²) in [5, 5.41) is 3.03. The Kier molecular flexibility index (Phi) is 5.38. The van der Waals surface area contributed by atoms with Crippen LogP contribution in [0, 0.1) is 0 Å². The minimum Gasteiger partial charge on any atom is -0.349 e. The Balaban J connectivity index is 1.36. The van der Waals surface area contributed by atoms with Crippen LogP contribution in [0.2, 0.25) is 0 Å². The van der Waals surface area contributed by atoms with Crippen LogP contribution in [-0.2, 0) is 21.2 Å². The molecular weight excluding hydrogens is 396 g/mol. The van der Waals surface area contributed by atoms with Crippen molar-refractivity contribution >= 4 is 38.7 Å². The lowest BCUT2D eigenvalue weighted by atomic mass is 9.88. The highest BCUT2D eigenvalue weighted by Crippen LogP contribution is 2.29. The molecule has 1 heterocycles. The van der Waals surface area contributed by atoms with Gasteiger partial charge in [-0.2, -0.15) is 8.75 Å². The number of carbonyl (C=O) groups excluding carboxylic acids is 1. The first-order valence-corrected chi connectivity index (χ1v) is 11.3. The second-order valence-corrected chi connectivity index (χ2v) is 9.01. The molecule has 0 radical (unpaired) electrons. The molecule has 0 saturated heterocycles. The fourth-order valence-corrected chi connectivity index (χ4v) is 5.34. The van der Waals surface area contributed by atoms with Gasteiger partial charge in [0.15, 0.2) is 0 Å². The van der Waals surface area contributed by atoms with E-state index in [4.69, 9.17) is 0 Å². The minimum absolute atomic E-state index is 0.0103. The summed E-state index contributed by atoms with van der Waals surface area (Å²) in [6.45, 7) is 0.0243. The van der Waals surface area contributed by atoms with Crippen LogP contribution in [0.25, 0.3) is 11.0 Å². The first kappa shape index (κ1) is 19.0. The zero-order chi connectivity index (χ0) is 19.6. The van der Waals surface area contributed by atoms with Gasteiger partial charge in [0.25, 0.3) is 0 Å². The number of aryl methyl sites for hydroxylation is 1. The number of amides is 1. The molecule has 146 valence electrons. The summed E-state index contributed by atoms with van der Waals surface area (Å²) in [7, 11) is -3.76. The second-order valence-electron chi connectivity index (χ2n) is 6.75. The Morgan fingerprint density at radius 3 is 2.89 bits per heavy atom. The molecule has 0 aliphatic heterocycles. The quantitative estimate of drug-likeness (QED) is 0.643. The highest BCUT2D eigenvalue weighted by Gasteiger charge is 2.22.